The molecule has 18 heavy (non-hydrogen) atoms. The monoisotopic (exact) mass is 253 g/mol. The summed E-state index contributed by atoms with van der Waals surface area (Å²) in [6.45, 7) is 3.84. The molecule has 0 spiro atoms. The summed E-state index contributed by atoms with van der Waals surface area (Å²) in [5.74, 6) is -1.48. The second-order valence-corrected chi connectivity index (χ2v) is 4.59. The van der Waals surface area contributed by atoms with Crippen molar-refractivity contribution in [3.63, 3.8) is 0 Å². The van der Waals surface area contributed by atoms with Gasteiger partial charge in [-0.2, -0.15) is 0 Å². The number of carbonyl (C=O) groups is 1. The molecule has 0 aliphatic carbocycles. The minimum absolute atomic E-state index is 0.0400. The molecule has 0 aromatic heterocycles. The van der Waals surface area contributed by atoms with Gasteiger partial charge in [-0.05, 0) is 24.5 Å². The number of carboxylic acid groups (broad SMARTS) is 1. The van der Waals surface area contributed by atoms with Crippen LogP contribution in [-0.2, 0) is 10.2 Å². The first kappa shape index (κ1) is 14.5. The Morgan fingerprint density at radius 1 is 1.33 bits per heavy atom. The van der Waals surface area contributed by atoms with E-state index >= 15 is 0 Å². The zero-order valence-corrected chi connectivity index (χ0v) is 10.9. The molecule has 1 aromatic rings. The number of hydrogen-bond acceptors (Lipinski definition) is 2. The van der Waals surface area contributed by atoms with Crippen LogP contribution in [0.2, 0.25) is 0 Å². The highest BCUT2D eigenvalue weighted by Gasteiger charge is 2.40. The molecular formula is C14H20FNO2. The summed E-state index contributed by atoms with van der Waals surface area (Å²) < 4.78 is 13.5. The van der Waals surface area contributed by atoms with Crippen molar-refractivity contribution in [2.45, 2.75) is 44.9 Å². The Kier molecular flexibility index (Phi) is 4.70. The molecule has 0 radical (unpaired) electrons. The second-order valence-electron chi connectivity index (χ2n) is 4.59. The van der Waals surface area contributed by atoms with Crippen LogP contribution in [0.5, 0.6) is 0 Å². The number of anilines is 1. The van der Waals surface area contributed by atoms with E-state index < -0.39 is 17.2 Å². The third kappa shape index (κ3) is 2.47. The summed E-state index contributed by atoms with van der Waals surface area (Å²) >= 11 is 0. The van der Waals surface area contributed by atoms with Crippen molar-refractivity contribution in [3.05, 3.63) is 29.6 Å². The average Bonchev–Trinajstić information content (AvgIpc) is 2.32. The summed E-state index contributed by atoms with van der Waals surface area (Å²) in [4.78, 5) is 11.7. The van der Waals surface area contributed by atoms with Gasteiger partial charge in [-0.25, -0.2) is 4.39 Å². The van der Waals surface area contributed by atoms with Crippen LogP contribution in [0, 0.1) is 5.82 Å². The standard InChI is InChI=1S/C14H20FNO2/c1-3-8-14(9-4-2,13(17)18)10-6-5-7-11(15)12(10)16/h5-7H,3-4,8-9,16H2,1-2H3,(H,17,18). The number of rotatable bonds is 6. The minimum atomic E-state index is -1.07. The predicted octanol–water partition coefficient (Wildman–Crippen LogP) is 3.33. The molecule has 4 heteroatoms. The van der Waals surface area contributed by atoms with E-state index in [1.54, 1.807) is 6.07 Å². The van der Waals surface area contributed by atoms with Crippen molar-refractivity contribution in [2.75, 3.05) is 5.73 Å². The Bertz CT molecular complexity index is 426. The SMILES string of the molecule is CCCC(CCC)(C(=O)O)c1cccc(F)c1N. The van der Waals surface area contributed by atoms with E-state index in [1.807, 2.05) is 13.8 Å². The van der Waals surface area contributed by atoms with Crippen LogP contribution >= 0.6 is 0 Å². The first-order valence-electron chi connectivity index (χ1n) is 6.27. The molecule has 100 valence electrons. The molecule has 3 nitrogen and oxygen atoms in total. The van der Waals surface area contributed by atoms with Crippen molar-refractivity contribution >= 4 is 11.7 Å². The average molecular weight is 253 g/mol. The smallest absolute Gasteiger partial charge is 0.314 e. The lowest BCUT2D eigenvalue weighted by Crippen LogP contribution is -2.36. The lowest BCUT2D eigenvalue weighted by Gasteiger charge is -2.30. The highest BCUT2D eigenvalue weighted by molar-refractivity contribution is 5.83. The minimum Gasteiger partial charge on any atom is -0.481 e. The van der Waals surface area contributed by atoms with Crippen molar-refractivity contribution in [1.82, 2.24) is 0 Å². The van der Waals surface area contributed by atoms with Crippen molar-refractivity contribution < 1.29 is 14.3 Å². The van der Waals surface area contributed by atoms with Gasteiger partial charge in [0, 0.05) is 0 Å². The number of nitrogens with two attached hydrogens (primary N) is 1. The molecule has 1 aromatic carbocycles. The van der Waals surface area contributed by atoms with E-state index in [4.69, 9.17) is 5.73 Å². The van der Waals surface area contributed by atoms with E-state index in [0.29, 0.717) is 31.2 Å². The highest BCUT2D eigenvalue weighted by atomic mass is 19.1. The lowest BCUT2D eigenvalue weighted by atomic mass is 9.73. The predicted molar refractivity (Wildman–Crippen MR) is 69.9 cm³/mol. The first-order chi connectivity index (χ1) is 8.49. The number of benzene rings is 1. The van der Waals surface area contributed by atoms with Gasteiger partial charge in [0.15, 0.2) is 0 Å². The number of nitrogen functional groups attached to an aromatic ring is 1. The Morgan fingerprint density at radius 3 is 2.33 bits per heavy atom. The van der Waals surface area contributed by atoms with E-state index in [2.05, 4.69) is 0 Å². The molecule has 0 amide bonds. The second kappa shape index (κ2) is 5.85. The number of aliphatic carboxylic acids is 1. The fourth-order valence-electron chi connectivity index (χ4n) is 2.53. The van der Waals surface area contributed by atoms with Gasteiger partial charge in [0.2, 0.25) is 0 Å². The van der Waals surface area contributed by atoms with Crippen LogP contribution < -0.4 is 5.73 Å². The van der Waals surface area contributed by atoms with Crippen LogP contribution in [0.1, 0.15) is 45.1 Å². The maximum atomic E-state index is 13.5. The van der Waals surface area contributed by atoms with Crippen molar-refractivity contribution in [3.8, 4) is 0 Å². The number of halogens is 1. The topological polar surface area (TPSA) is 63.3 Å². The molecule has 0 bridgehead atoms. The van der Waals surface area contributed by atoms with Gasteiger partial charge < -0.3 is 10.8 Å². The molecule has 0 heterocycles. The number of para-hydroxylation sites is 1. The van der Waals surface area contributed by atoms with Crippen LogP contribution in [0.3, 0.4) is 0 Å². The molecule has 0 unspecified atom stereocenters. The van der Waals surface area contributed by atoms with Crippen LogP contribution in [0.4, 0.5) is 10.1 Å². The van der Waals surface area contributed by atoms with Gasteiger partial charge >= 0.3 is 5.97 Å². The van der Waals surface area contributed by atoms with E-state index in [9.17, 15) is 14.3 Å². The Hall–Kier alpha value is -1.58. The summed E-state index contributed by atoms with van der Waals surface area (Å²) in [6, 6.07) is 4.39. The van der Waals surface area contributed by atoms with Gasteiger partial charge in [0.1, 0.15) is 5.82 Å². The summed E-state index contributed by atoms with van der Waals surface area (Å²) in [5.41, 5.74) is 5.02. The molecular weight excluding hydrogens is 233 g/mol. The van der Waals surface area contributed by atoms with Gasteiger partial charge in [-0.1, -0.05) is 38.8 Å². The highest BCUT2D eigenvalue weighted by Crippen LogP contribution is 2.38. The van der Waals surface area contributed by atoms with Crippen LogP contribution in [0.15, 0.2) is 18.2 Å². The quantitative estimate of drug-likeness (QED) is 0.764. The van der Waals surface area contributed by atoms with Gasteiger partial charge in [-0.15, -0.1) is 0 Å². The number of carboxylic acids is 1. The van der Waals surface area contributed by atoms with E-state index in [0.717, 1.165) is 0 Å². The van der Waals surface area contributed by atoms with E-state index in [-0.39, 0.29) is 5.69 Å². The molecule has 1 rings (SSSR count). The maximum Gasteiger partial charge on any atom is 0.314 e. The summed E-state index contributed by atoms with van der Waals surface area (Å²) in [6.07, 6.45) is 2.35. The summed E-state index contributed by atoms with van der Waals surface area (Å²) in [7, 11) is 0. The van der Waals surface area contributed by atoms with Gasteiger partial charge in [-0.3, -0.25) is 4.79 Å². The summed E-state index contributed by atoms with van der Waals surface area (Å²) in [5, 5.41) is 9.58. The molecule has 0 aliphatic rings. The van der Waals surface area contributed by atoms with Gasteiger partial charge in [0.25, 0.3) is 0 Å². The molecule has 0 saturated carbocycles. The fourth-order valence-corrected chi connectivity index (χ4v) is 2.53. The third-order valence-corrected chi connectivity index (χ3v) is 3.33. The van der Waals surface area contributed by atoms with E-state index in [1.165, 1.54) is 12.1 Å². The third-order valence-electron chi connectivity index (χ3n) is 3.33. The zero-order valence-electron chi connectivity index (χ0n) is 10.9. The Labute approximate surface area is 107 Å². The Balaban J connectivity index is 3.40. The fraction of sp³-hybridized carbons (Fsp3) is 0.500. The largest absolute Gasteiger partial charge is 0.481 e. The molecule has 0 saturated heterocycles. The molecule has 0 atom stereocenters. The zero-order chi connectivity index (χ0) is 13.8. The van der Waals surface area contributed by atoms with Gasteiger partial charge in [0.05, 0.1) is 11.1 Å². The Morgan fingerprint density at radius 2 is 1.89 bits per heavy atom. The normalized spacial score (nSPS) is 11.5. The van der Waals surface area contributed by atoms with Crippen LogP contribution in [-0.4, -0.2) is 11.1 Å². The lowest BCUT2D eigenvalue weighted by molar-refractivity contribution is -0.144. The van der Waals surface area contributed by atoms with Crippen LogP contribution in [0.25, 0.3) is 0 Å². The van der Waals surface area contributed by atoms with Crippen molar-refractivity contribution in [2.24, 2.45) is 0 Å². The molecule has 3 N–H and O–H groups in total. The molecule has 0 aliphatic heterocycles. The van der Waals surface area contributed by atoms with Crippen molar-refractivity contribution in [1.29, 1.82) is 0 Å². The first-order valence-corrected chi connectivity index (χ1v) is 6.27. The molecule has 0 fully saturated rings. The number of hydrogen-bond donors (Lipinski definition) is 2. The maximum absolute atomic E-state index is 13.5.